The Balaban J connectivity index is 3.53. The molecule has 1 atom stereocenters. The molecule has 0 aliphatic rings. The van der Waals surface area contributed by atoms with Crippen molar-refractivity contribution in [3.8, 4) is 0 Å². The van der Waals surface area contributed by atoms with Gasteiger partial charge in [0.2, 0.25) is 0 Å². The van der Waals surface area contributed by atoms with E-state index in [0.29, 0.717) is 13.0 Å². The minimum atomic E-state index is -0.553. The van der Waals surface area contributed by atoms with Crippen LogP contribution in [-0.2, 0) is 14.3 Å². The maximum absolute atomic E-state index is 12.0. The van der Waals surface area contributed by atoms with E-state index >= 15 is 0 Å². The number of hydrogen-bond donors (Lipinski definition) is 1. The molecule has 0 spiro atoms. The summed E-state index contributed by atoms with van der Waals surface area (Å²) in [5.74, 6) is -0.228. The van der Waals surface area contributed by atoms with Crippen LogP contribution in [0.3, 0.4) is 0 Å². The van der Waals surface area contributed by atoms with Crippen LogP contribution in [0.2, 0.25) is 0 Å². The molecular formula is C27H53NO4. The Morgan fingerprint density at radius 2 is 1.41 bits per heavy atom. The van der Waals surface area contributed by atoms with Crippen LogP contribution in [0, 0.1) is 0 Å². The number of likely N-dealkylation sites (N-methyl/N-ethyl adjacent to an activating group) is 1. The zero-order valence-corrected chi connectivity index (χ0v) is 21.5. The average Bonchev–Trinajstić information content (AvgIpc) is 2.80. The molecule has 0 aromatic carbocycles. The highest BCUT2D eigenvalue weighted by atomic mass is 16.6. The Hall–Kier alpha value is -0.910. The van der Waals surface area contributed by atoms with Crippen LogP contribution in [0.15, 0.2) is 12.2 Å². The van der Waals surface area contributed by atoms with Gasteiger partial charge < -0.3 is 19.5 Å². The predicted octanol–water partition coefficient (Wildman–Crippen LogP) is 6.29. The first-order chi connectivity index (χ1) is 15.7. The van der Waals surface area contributed by atoms with Gasteiger partial charge in [0.1, 0.15) is 6.10 Å². The lowest BCUT2D eigenvalue weighted by Gasteiger charge is -2.19. The number of carbonyl (C=O) groups is 1. The van der Waals surface area contributed by atoms with E-state index in [0.717, 1.165) is 38.9 Å². The maximum atomic E-state index is 12.0. The van der Waals surface area contributed by atoms with Gasteiger partial charge in [-0.15, -0.1) is 0 Å². The molecule has 5 nitrogen and oxygen atoms in total. The highest BCUT2D eigenvalue weighted by molar-refractivity contribution is 5.69. The molecule has 0 fully saturated rings. The van der Waals surface area contributed by atoms with Gasteiger partial charge in [-0.2, -0.15) is 0 Å². The van der Waals surface area contributed by atoms with Gasteiger partial charge in [-0.25, -0.2) is 0 Å². The fraction of sp³-hybridized carbons (Fsp3) is 0.889. The van der Waals surface area contributed by atoms with Crippen molar-refractivity contribution in [2.75, 3.05) is 39.5 Å². The largest absolute Gasteiger partial charge is 0.457 e. The summed E-state index contributed by atoms with van der Waals surface area (Å²) in [5, 5.41) is 9.41. The van der Waals surface area contributed by atoms with Gasteiger partial charge in [0.15, 0.2) is 0 Å². The zero-order chi connectivity index (χ0) is 23.7. The highest BCUT2D eigenvalue weighted by Crippen LogP contribution is 2.10. The normalized spacial score (nSPS) is 12.7. The van der Waals surface area contributed by atoms with Crippen molar-refractivity contribution in [2.45, 2.75) is 117 Å². The Kier molecular flexibility index (Phi) is 24.0. The third-order valence-electron chi connectivity index (χ3n) is 5.89. The number of carbonyl (C=O) groups excluding carboxylic acids is 1. The summed E-state index contributed by atoms with van der Waals surface area (Å²) >= 11 is 0. The Labute approximate surface area is 198 Å². The fourth-order valence-corrected chi connectivity index (χ4v) is 3.66. The van der Waals surface area contributed by atoms with Gasteiger partial charge in [0.05, 0.1) is 19.8 Å². The summed E-state index contributed by atoms with van der Waals surface area (Å²) in [4.78, 5) is 14.2. The molecule has 0 aliphatic carbocycles. The molecule has 1 N–H and O–H groups in total. The van der Waals surface area contributed by atoms with E-state index in [9.17, 15) is 9.90 Å². The molecule has 1 unspecified atom stereocenters. The van der Waals surface area contributed by atoms with Gasteiger partial charge in [-0.1, -0.05) is 84.3 Å². The number of rotatable bonds is 24. The van der Waals surface area contributed by atoms with E-state index < -0.39 is 6.10 Å². The molecule has 0 amide bonds. The lowest BCUT2D eigenvalue weighted by molar-refractivity contribution is -0.155. The third-order valence-corrected chi connectivity index (χ3v) is 5.89. The second-order valence-corrected chi connectivity index (χ2v) is 8.73. The van der Waals surface area contributed by atoms with Crippen molar-refractivity contribution in [1.82, 2.24) is 4.90 Å². The molecule has 190 valence electrons. The number of ether oxygens (including phenoxy) is 2. The highest BCUT2D eigenvalue weighted by Gasteiger charge is 2.13. The second kappa shape index (κ2) is 24.7. The first kappa shape index (κ1) is 31.1. The Morgan fingerprint density at radius 3 is 1.97 bits per heavy atom. The van der Waals surface area contributed by atoms with E-state index in [2.05, 4.69) is 37.8 Å². The van der Waals surface area contributed by atoms with Crippen LogP contribution in [0.4, 0.5) is 0 Å². The molecule has 0 aliphatic heterocycles. The molecule has 0 saturated carbocycles. The van der Waals surface area contributed by atoms with E-state index in [-0.39, 0.29) is 19.2 Å². The molecule has 0 aromatic rings. The van der Waals surface area contributed by atoms with Crippen molar-refractivity contribution in [3.05, 3.63) is 12.2 Å². The van der Waals surface area contributed by atoms with Crippen LogP contribution in [-0.4, -0.2) is 61.5 Å². The number of esters is 1. The van der Waals surface area contributed by atoms with E-state index in [4.69, 9.17) is 9.47 Å². The molecule has 0 aromatic heterocycles. The summed E-state index contributed by atoms with van der Waals surface area (Å²) in [6.07, 6.45) is 20.7. The van der Waals surface area contributed by atoms with Crippen LogP contribution in [0.25, 0.3) is 0 Å². The van der Waals surface area contributed by atoms with E-state index in [1.165, 1.54) is 64.2 Å². The van der Waals surface area contributed by atoms with Crippen LogP contribution >= 0.6 is 0 Å². The average molecular weight is 456 g/mol. The van der Waals surface area contributed by atoms with Crippen LogP contribution in [0.1, 0.15) is 111 Å². The lowest BCUT2D eigenvalue weighted by Crippen LogP contribution is -2.31. The Bertz CT molecular complexity index is 424. The minimum Gasteiger partial charge on any atom is -0.457 e. The number of hydrogen-bond acceptors (Lipinski definition) is 5. The quantitative estimate of drug-likeness (QED) is 0.105. The van der Waals surface area contributed by atoms with Crippen molar-refractivity contribution in [1.29, 1.82) is 0 Å². The second-order valence-electron chi connectivity index (χ2n) is 8.73. The van der Waals surface area contributed by atoms with Gasteiger partial charge in [0, 0.05) is 13.0 Å². The summed E-state index contributed by atoms with van der Waals surface area (Å²) in [5.41, 5.74) is 0. The van der Waals surface area contributed by atoms with Gasteiger partial charge >= 0.3 is 5.97 Å². The van der Waals surface area contributed by atoms with Crippen LogP contribution in [0.5, 0.6) is 0 Å². The number of aliphatic hydroxyl groups is 1. The monoisotopic (exact) mass is 455 g/mol. The third kappa shape index (κ3) is 21.0. The summed E-state index contributed by atoms with van der Waals surface area (Å²) in [6.45, 7) is 10.0. The van der Waals surface area contributed by atoms with Gasteiger partial charge in [-0.05, 0) is 45.2 Å². The SMILES string of the molecule is CCCCCCCC/C=C\CCCCCCCC(=O)OC(CO)COCCN(CC)CC. The number of nitrogens with zero attached hydrogens (tertiary/aromatic N) is 1. The maximum Gasteiger partial charge on any atom is 0.306 e. The molecule has 0 radical (unpaired) electrons. The van der Waals surface area contributed by atoms with Crippen molar-refractivity contribution >= 4 is 5.97 Å². The summed E-state index contributed by atoms with van der Waals surface area (Å²) < 4.78 is 10.9. The standard InChI is InChI=1S/C27H53NO4/c1-4-7-8-9-10-11-12-13-14-15-16-17-18-19-20-21-27(30)32-26(24-29)25-31-23-22-28(5-2)6-3/h13-14,26,29H,4-12,15-25H2,1-3H3/b14-13-. The van der Waals surface area contributed by atoms with Crippen LogP contribution < -0.4 is 0 Å². The molecule has 0 bridgehead atoms. The van der Waals surface area contributed by atoms with Crippen molar-refractivity contribution in [3.63, 3.8) is 0 Å². The number of unbranched alkanes of at least 4 members (excludes halogenated alkanes) is 11. The smallest absolute Gasteiger partial charge is 0.306 e. The molecule has 32 heavy (non-hydrogen) atoms. The minimum absolute atomic E-state index is 0.191. The molecule has 0 rings (SSSR count). The first-order valence-corrected chi connectivity index (χ1v) is 13.4. The Morgan fingerprint density at radius 1 is 0.844 bits per heavy atom. The molecule has 0 saturated heterocycles. The van der Waals surface area contributed by atoms with E-state index in [1.54, 1.807) is 0 Å². The van der Waals surface area contributed by atoms with Crippen molar-refractivity contribution in [2.24, 2.45) is 0 Å². The summed E-state index contributed by atoms with van der Waals surface area (Å²) in [6, 6.07) is 0. The number of aliphatic hydroxyl groups excluding tert-OH is 1. The first-order valence-electron chi connectivity index (χ1n) is 13.4. The van der Waals surface area contributed by atoms with Gasteiger partial charge in [0.25, 0.3) is 0 Å². The number of allylic oxidation sites excluding steroid dienone is 2. The molecular weight excluding hydrogens is 402 g/mol. The van der Waals surface area contributed by atoms with Gasteiger partial charge in [-0.3, -0.25) is 4.79 Å². The lowest BCUT2D eigenvalue weighted by atomic mass is 10.1. The summed E-state index contributed by atoms with van der Waals surface area (Å²) in [7, 11) is 0. The zero-order valence-electron chi connectivity index (χ0n) is 21.5. The fourth-order valence-electron chi connectivity index (χ4n) is 3.66. The topological polar surface area (TPSA) is 59.0 Å². The molecule has 5 heteroatoms. The van der Waals surface area contributed by atoms with Crippen molar-refractivity contribution < 1.29 is 19.4 Å². The molecule has 0 heterocycles. The van der Waals surface area contributed by atoms with E-state index in [1.807, 2.05) is 0 Å². The predicted molar refractivity (Wildman–Crippen MR) is 135 cm³/mol.